The molecule has 0 spiro atoms. The third-order valence-corrected chi connectivity index (χ3v) is 4.45. The number of aliphatic imine (C=N–C) groups is 1. The minimum Gasteiger partial charge on any atom is -0.369 e. The Labute approximate surface area is 106 Å². The van der Waals surface area contributed by atoms with Crippen LogP contribution < -0.4 is 5.73 Å². The summed E-state index contributed by atoms with van der Waals surface area (Å²) in [7, 11) is 1.65. The monoisotopic (exact) mass is 301 g/mol. The first-order valence-corrected chi connectivity index (χ1v) is 6.52. The Morgan fingerprint density at radius 3 is 2.88 bits per heavy atom. The third kappa shape index (κ3) is 1.87. The van der Waals surface area contributed by atoms with E-state index in [0.29, 0.717) is 0 Å². The van der Waals surface area contributed by atoms with Gasteiger partial charge in [-0.3, -0.25) is 9.69 Å². The van der Waals surface area contributed by atoms with Crippen LogP contribution in [0.5, 0.6) is 0 Å². The fourth-order valence-electron chi connectivity index (χ4n) is 1.69. The van der Waals surface area contributed by atoms with E-state index < -0.39 is 0 Å². The van der Waals surface area contributed by atoms with E-state index >= 15 is 0 Å². The van der Waals surface area contributed by atoms with Gasteiger partial charge in [-0.1, -0.05) is 6.92 Å². The highest BCUT2D eigenvalue weighted by molar-refractivity contribution is 9.10. The Kier molecular flexibility index (Phi) is 3.03. The average molecular weight is 302 g/mol. The normalized spacial score (nSPS) is 25.8. The van der Waals surface area contributed by atoms with Crippen LogP contribution in [-0.2, 0) is 4.79 Å². The molecule has 0 aromatic carbocycles. The lowest BCUT2D eigenvalue weighted by Crippen LogP contribution is -2.46. The molecule has 1 aliphatic rings. The van der Waals surface area contributed by atoms with Crippen LogP contribution in [0.1, 0.15) is 17.8 Å². The van der Waals surface area contributed by atoms with Crippen molar-refractivity contribution in [1.29, 1.82) is 0 Å². The summed E-state index contributed by atoms with van der Waals surface area (Å²) >= 11 is 4.98. The summed E-state index contributed by atoms with van der Waals surface area (Å²) in [6.07, 6.45) is 0. The van der Waals surface area contributed by atoms with Gasteiger partial charge in [0.15, 0.2) is 5.96 Å². The molecule has 1 amide bonds. The molecule has 0 aliphatic carbocycles. The minimum absolute atomic E-state index is 0.0158. The number of halogens is 1. The number of thiophene rings is 1. The third-order valence-electron chi connectivity index (χ3n) is 2.69. The Morgan fingerprint density at radius 1 is 1.62 bits per heavy atom. The van der Waals surface area contributed by atoms with Crippen LogP contribution in [0.4, 0.5) is 0 Å². The second kappa shape index (κ2) is 4.18. The first-order valence-electron chi connectivity index (χ1n) is 4.85. The smallest absolute Gasteiger partial charge is 0.234 e. The van der Waals surface area contributed by atoms with E-state index in [1.54, 1.807) is 18.4 Å². The predicted octanol–water partition coefficient (Wildman–Crippen LogP) is 1.97. The molecule has 1 aromatic rings. The van der Waals surface area contributed by atoms with Crippen molar-refractivity contribution in [3.05, 3.63) is 20.8 Å². The van der Waals surface area contributed by atoms with Gasteiger partial charge in [-0.15, -0.1) is 11.3 Å². The van der Waals surface area contributed by atoms with Gasteiger partial charge in [-0.05, 0) is 22.0 Å². The van der Waals surface area contributed by atoms with Crippen LogP contribution in [0.2, 0.25) is 0 Å². The molecule has 1 aliphatic heterocycles. The van der Waals surface area contributed by atoms with Crippen molar-refractivity contribution >= 4 is 39.1 Å². The van der Waals surface area contributed by atoms with Gasteiger partial charge >= 0.3 is 0 Å². The van der Waals surface area contributed by atoms with Gasteiger partial charge in [-0.25, -0.2) is 4.99 Å². The lowest BCUT2D eigenvalue weighted by Gasteiger charge is -2.30. The van der Waals surface area contributed by atoms with Gasteiger partial charge < -0.3 is 5.73 Å². The van der Waals surface area contributed by atoms with Crippen LogP contribution in [0, 0.1) is 5.92 Å². The summed E-state index contributed by atoms with van der Waals surface area (Å²) in [6.45, 7) is 1.88. The van der Waals surface area contributed by atoms with Gasteiger partial charge in [0.1, 0.15) is 0 Å². The van der Waals surface area contributed by atoms with E-state index in [1.807, 2.05) is 18.4 Å². The number of nitrogens with zero attached hydrogens (tertiary/aromatic N) is 2. The number of amides is 1. The van der Waals surface area contributed by atoms with Crippen molar-refractivity contribution in [1.82, 2.24) is 4.90 Å². The van der Waals surface area contributed by atoms with E-state index in [9.17, 15) is 4.79 Å². The van der Waals surface area contributed by atoms with Crippen molar-refractivity contribution in [3.8, 4) is 0 Å². The summed E-state index contributed by atoms with van der Waals surface area (Å²) in [5.74, 6) is 0.141. The summed E-state index contributed by atoms with van der Waals surface area (Å²) in [5.41, 5.74) is 5.71. The predicted molar refractivity (Wildman–Crippen MR) is 68.3 cm³/mol. The van der Waals surface area contributed by atoms with E-state index in [1.165, 1.54) is 4.90 Å². The van der Waals surface area contributed by atoms with E-state index in [0.717, 1.165) is 9.35 Å². The van der Waals surface area contributed by atoms with Crippen molar-refractivity contribution in [2.75, 3.05) is 7.05 Å². The number of hydrogen-bond acceptors (Lipinski definition) is 4. The van der Waals surface area contributed by atoms with Crippen molar-refractivity contribution < 1.29 is 4.79 Å². The SMILES string of the molecule is CC1C(=O)N(C)C(N)=NC1c1cc(Br)cs1. The maximum Gasteiger partial charge on any atom is 0.234 e. The number of carbonyl (C=O) groups excluding carboxylic acids is 1. The fraction of sp³-hybridized carbons (Fsp3) is 0.400. The maximum atomic E-state index is 11.9. The molecule has 2 rings (SSSR count). The van der Waals surface area contributed by atoms with Crippen LogP contribution in [0.3, 0.4) is 0 Å². The highest BCUT2D eigenvalue weighted by atomic mass is 79.9. The number of guanidine groups is 1. The second-order valence-electron chi connectivity index (χ2n) is 3.79. The first kappa shape index (κ1) is 11.6. The Morgan fingerprint density at radius 2 is 2.31 bits per heavy atom. The van der Waals surface area contributed by atoms with Crippen LogP contribution in [0.15, 0.2) is 20.9 Å². The molecular formula is C10H12BrN3OS. The Balaban J connectivity index is 2.38. The topological polar surface area (TPSA) is 58.7 Å². The fourth-order valence-corrected chi connectivity index (χ4v) is 3.27. The molecular weight excluding hydrogens is 290 g/mol. The maximum absolute atomic E-state index is 11.9. The van der Waals surface area contributed by atoms with Crippen LogP contribution in [0.25, 0.3) is 0 Å². The quantitative estimate of drug-likeness (QED) is 0.862. The van der Waals surface area contributed by atoms with Gasteiger partial charge in [0.2, 0.25) is 5.91 Å². The number of carbonyl (C=O) groups is 1. The average Bonchev–Trinajstić information content (AvgIpc) is 2.67. The highest BCUT2D eigenvalue weighted by Crippen LogP contribution is 2.35. The van der Waals surface area contributed by atoms with Crippen molar-refractivity contribution in [3.63, 3.8) is 0 Å². The molecule has 0 radical (unpaired) electrons. The van der Waals surface area contributed by atoms with Gasteiger partial charge in [0.25, 0.3) is 0 Å². The molecule has 0 bridgehead atoms. The molecule has 4 nitrogen and oxygen atoms in total. The Bertz CT molecular complexity index is 457. The standard InChI is InChI=1S/C10H12BrN3OS/c1-5-8(7-3-6(11)4-16-7)13-10(12)14(2)9(5)15/h3-5,8H,1-2H3,(H2,12,13). The van der Waals surface area contributed by atoms with Crippen molar-refractivity contribution in [2.45, 2.75) is 13.0 Å². The van der Waals surface area contributed by atoms with Crippen LogP contribution in [-0.4, -0.2) is 23.8 Å². The van der Waals surface area contributed by atoms with E-state index in [-0.39, 0.29) is 23.8 Å². The molecule has 6 heteroatoms. The lowest BCUT2D eigenvalue weighted by atomic mass is 9.98. The van der Waals surface area contributed by atoms with Gasteiger partial charge in [-0.2, -0.15) is 0 Å². The number of hydrogen-bond donors (Lipinski definition) is 1. The molecule has 0 saturated heterocycles. The largest absolute Gasteiger partial charge is 0.369 e. The summed E-state index contributed by atoms with van der Waals surface area (Å²) in [5, 5.41) is 1.98. The molecule has 2 atom stereocenters. The minimum atomic E-state index is -0.164. The zero-order valence-corrected chi connectivity index (χ0v) is 11.4. The lowest BCUT2D eigenvalue weighted by molar-refractivity contribution is -0.131. The second-order valence-corrected chi connectivity index (χ2v) is 5.64. The zero-order valence-electron chi connectivity index (χ0n) is 8.98. The van der Waals surface area contributed by atoms with E-state index in [4.69, 9.17) is 5.73 Å². The highest BCUT2D eigenvalue weighted by Gasteiger charge is 2.34. The molecule has 16 heavy (non-hydrogen) atoms. The van der Waals surface area contributed by atoms with E-state index in [2.05, 4.69) is 20.9 Å². The molecule has 2 N–H and O–H groups in total. The summed E-state index contributed by atoms with van der Waals surface area (Å²) < 4.78 is 1.01. The molecule has 86 valence electrons. The zero-order chi connectivity index (χ0) is 11.9. The number of rotatable bonds is 1. The summed E-state index contributed by atoms with van der Waals surface area (Å²) in [6, 6.07) is 1.83. The molecule has 0 saturated carbocycles. The van der Waals surface area contributed by atoms with Crippen molar-refractivity contribution in [2.24, 2.45) is 16.6 Å². The van der Waals surface area contributed by atoms with Gasteiger partial charge in [0.05, 0.1) is 12.0 Å². The summed E-state index contributed by atoms with van der Waals surface area (Å²) in [4.78, 5) is 18.7. The molecule has 0 fully saturated rings. The first-order chi connectivity index (χ1) is 7.50. The molecule has 2 heterocycles. The van der Waals surface area contributed by atoms with Crippen LogP contribution >= 0.6 is 27.3 Å². The Hall–Kier alpha value is -0.880. The molecule has 1 aromatic heterocycles. The number of nitrogens with two attached hydrogens (primary N) is 1. The van der Waals surface area contributed by atoms with Gasteiger partial charge in [0, 0.05) is 21.8 Å². The molecule has 2 unspecified atom stereocenters.